The van der Waals surface area contributed by atoms with E-state index in [1.165, 1.54) is 18.2 Å². The van der Waals surface area contributed by atoms with Crippen LogP contribution >= 0.6 is 0 Å². The van der Waals surface area contributed by atoms with E-state index in [0.29, 0.717) is 25.4 Å². The van der Waals surface area contributed by atoms with Crippen LogP contribution in [0.4, 0.5) is 0 Å². The fourth-order valence-corrected chi connectivity index (χ4v) is 2.35. The van der Waals surface area contributed by atoms with Crippen molar-refractivity contribution >= 4 is 5.97 Å². The highest BCUT2D eigenvalue weighted by Crippen LogP contribution is 2.23. The number of ether oxygens (including phenoxy) is 2. The lowest BCUT2D eigenvalue weighted by atomic mass is 9.97. The summed E-state index contributed by atoms with van der Waals surface area (Å²) >= 11 is 0. The van der Waals surface area contributed by atoms with Crippen molar-refractivity contribution < 1.29 is 14.3 Å². The Morgan fingerprint density at radius 2 is 2.05 bits per heavy atom. The van der Waals surface area contributed by atoms with Gasteiger partial charge in [-0.25, -0.2) is 0 Å². The van der Waals surface area contributed by atoms with Gasteiger partial charge < -0.3 is 15.2 Å². The van der Waals surface area contributed by atoms with Crippen LogP contribution in [0.15, 0.2) is 18.2 Å². The lowest BCUT2D eigenvalue weighted by Gasteiger charge is -2.21. The predicted octanol–water partition coefficient (Wildman–Crippen LogP) is 3.17. The minimum atomic E-state index is -0.949. The number of methoxy groups -OCH3 is 1. The highest BCUT2D eigenvalue weighted by molar-refractivity contribution is 5.79. The standard InChI is InChI=1S/C17H27NO3/c1-12(2)15-8-7-14(11-13(15)3)21-10-6-9-17(4,18)16(19)20-5/h7-8,11-12H,6,9-10,18H2,1-5H3. The molecule has 1 atom stereocenters. The minimum Gasteiger partial charge on any atom is -0.494 e. The number of nitrogens with two attached hydrogens (primary N) is 1. The molecule has 0 aliphatic heterocycles. The second kappa shape index (κ2) is 7.46. The molecule has 4 heteroatoms. The molecule has 0 bridgehead atoms. The molecule has 0 fully saturated rings. The Bertz CT molecular complexity index is 481. The van der Waals surface area contributed by atoms with Gasteiger partial charge in [-0.2, -0.15) is 0 Å². The van der Waals surface area contributed by atoms with Crippen LogP contribution in [0.3, 0.4) is 0 Å². The van der Waals surface area contributed by atoms with Crippen molar-refractivity contribution in [2.24, 2.45) is 5.73 Å². The highest BCUT2D eigenvalue weighted by atomic mass is 16.5. The van der Waals surface area contributed by atoms with Crippen molar-refractivity contribution in [2.75, 3.05) is 13.7 Å². The number of esters is 1. The molecule has 1 unspecified atom stereocenters. The van der Waals surface area contributed by atoms with Crippen LogP contribution in [-0.4, -0.2) is 25.2 Å². The summed E-state index contributed by atoms with van der Waals surface area (Å²) in [4.78, 5) is 11.5. The van der Waals surface area contributed by atoms with Gasteiger partial charge in [-0.05, 0) is 55.9 Å². The Kier molecular flexibility index (Phi) is 6.21. The fraction of sp³-hybridized carbons (Fsp3) is 0.588. The third-order valence-electron chi connectivity index (χ3n) is 3.62. The van der Waals surface area contributed by atoms with Crippen LogP contribution in [0.5, 0.6) is 5.75 Å². The number of benzene rings is 1. The third-order valence-corrected chi connectivity index (χ3v) is 3.62. The van der Waals surface area contributed by atoms with E-state index in [9.17, 15) is 4.79 Å². The molecule has 1 aromatic carbocycles. The average molecular weight is 293 g/mol. The van der Waals surface area contributed by atoms with Crippen molar-refractivity contribution in [2.45, 2.75) is 52.0 Å². The second-order valence-corrected chi connectivity index (χ2v) is 6.03. The van der Waals surface area contributed by atoms with Gasteiger partial charge in [0.25, 0.3) is 0 Å². The van der Waals surface area contributed by atoms with E-state index in [0.717, 1.165) is 5.75 Å². The summed E-state index contributed by atoms with van der Waals surface area (Å²) in [5, 5.41) is 0. The van der Waals surface area contributed by atoms with Gasteiger partial charge in [0.2, 0.25) is 0 Å². The molecule has 0 amide bonds. The predicted molar refractivity (Wildman–Crippen MR) is 84.6 cm³/mol. The molecule has 0 aliphatic carbocycles. The van der Waals surface area contributed by atoms with E-state index in [-0.39, 0.29) is 5.97 Å². The molecular weight excluding hydrogens is 266 g/mol. The van der Waals surface area contributed by atoms with Crippen LogP contribution in [-0.2, 0) is 9.53 Å². The maximum absolute atomic E-state index is 11.5. The zero-order chi connectivity index (χ0) is 16.0. The molecule has 0 radical (unpaired) electrons. The smallest absolute Gasteiger partial charge is 0.325 e. The van der Waals surface area contributed by atoms with E-state index >= 15 is 0 Å². The molecule has 1 rings (SSSR count). The molecule has 21 heavy (non-hydrogen) atoms. The minimum absolute atomic E-state index is 0.389. The Hall–Kier alpha value is -1.55. The number of hydrogen-bond donors (Lipinski definition) is 1. The first-order chi connectivity index (χ1) is 9.77. The van der Waals surface area contributed by atoms with Crippen molar-refractivity contribution in [3.8, 4) is 5.75 Å². The Labute approximate surface area is 127 Å². The summed E-state index contributed by atoms with van der Waals surface area (Å²) in [5.41, 5.74) is 7.52. The topological polar surface area (TPSA) is 61.5 Å². The molecular formula is C17H27NO3. The summed E-state index contributed by atoms with van der Waals surface area (Å²) in [5.74, 6) is 0.977. The number of carbonyl (C=O) groups is 1. The molecule has 0 spiro atoms. The first kappa shape index (κ1) is 17.5. The molecule has 0 aliphatic rings. The average Bonchev–Trinajstić information content (AvgIpc) is 2.42. The van der Waals surface area contributed by atoms with Gasteiger partial charge in [0.05, 0.1) is 13.7 Å². The van der Waals surface area contributed by atoms with Gasteiger partial charge in [0, 0.05) is 0 Å². The quantitative estimate of drug-likeness (QED) is 0.619. The van der Waals surface area contributed by atoms with E-state index in [4.69, 9.17) is 10.5 Å². The molecule has 1 aromatic rings. The first-order valence-corrected chi connectivity index (χ1v) is 7.38. The monoisotopic (exact) mass is 293 g/mol. The van der Waals surface area contributed by atoms with Crippen LogP contribution < -0.4 is 10.5 Å². The van der Waals surface area contributed by atoms with Crippen LogP contribution in [0, 0.1) is 6.92 Å². The number of aryl methyl sites for hydroxylation is 1. The van der Waals surface area contributed by atoms with Gasteiger partial charge >= 0.3 is 5.97 Å². The zero-order valence-corrected chi connectivity index (χ0v) is 13.7. The summed E-state index contributed by atoms with van der Waals surface area (Å²) in [6, 6.07) is 6.15. The van der Waals surface area contributed by atoms with E-state index in [2.05, 4.69) is 37.6 Å². The van der Waals surface area contributed by atoms with Gasteiger partial charge in [0.15, 0.2) is 0 Å². The van der Waals surface area contributed by atoms with Crippen LogP contribution in [0.2, 0.25) is 0 Å². The van der Waals surface area contributed by atoms with Crippen LogP contribution in [0.1, 0.15) is 50.7 Å². The van der Waals surface area contributed by atoms with Gasteiger partial charge in [-0.15, -0.1) is 0 Å². The molecule has 0 aromatic heterocycles. The molecule has 0 heterocycles. The Morgan fingerprint density at radius 3 is 2.57 bits per heavy atom. The van der Waals surface area contributed by atoms with E-state index < -0.39 is 5.54 Å². The Balaban J connectivity index is 2.47. The summed E-state index contributed by atoms with van der Waals surface area (Å²) < 4.78 is 10.4. The van der Waals surface area contributed by atoms with Crippen molar-refractivity contribution in [3.63, 3.8) is 0 Å². The van der Waals surface area contributed by atoms with Gasteiger partial charge in [-0.1, -0.05) is 19.9 Å². The molecule has 0 saturated heterocycles. The molecule has 2 N–H and O–H groups in total. The maximum Gasteiger partial charge on any atom is 0.325 e. The molecule has 0 saturated carbocycles. The lowest BCUT2D eigenvalue weighted by Crippen LogP contribution is -2.45. The van der Waals surface area contributed by atoms with Crippen LogP contribution in [0.25, 0.3) is 0 Å². The maximum atomic E-state index is 11.5. The zero-order valence-electron chi connectivity index (χ0n) is 13.7. The summed E-state index contributed by atoms with van der Waals surface area (Å²) in [6.45, 7) is 8.66. The SMILES string of the molecule is COC(=O)C(C)(N)CCCOc1ccc(C(C)C)c(C)c1. The number of carbonyl (C=O) groups excluding carboxylic acids is 1. The first-order valence-electron chi connectivity index (χ1n) is 7.38. The second-order valence-electron chi connectivity index (χ2n) is 6.03. The third kappa shape index (κ3) is 5.05. The largest absolute Gasteiger partial charge is 0.494 e. The van der Waals surface area contributed by atoms with E-state index in [1.807, 2.05) is 6.07 Å². The molecule has 4 nitrogen and oxygen atoms in total. The van der Waals surface area contributed by atoms with Crippen molar-refractivity contribution in [1.29, 1.82) is 0 Å². The normalized spacial score (nSPS) is 13.9. The Morgan fingerprint density at radius 1 is 1.38 bits per heavy atom. The summed E-state index contributed by atoms with van der Waals surface area (Å²) in [6.07, 6.45) is 1.23. The summed E-state index contributed by atoms with van der Waals surface area (Å²) in [7, 11) is 1.35. The highest BCUT2D eigenvalue weighted by Gasteiger charge is 2.28. The fourth-order valence-electron chi connectivity index (χ4n) is 2.35. The molecule has 118 valence electrons. The number of rotatable bonds is 7. The van der Waals surface area contributed by atoms with Crippen molar-refractivity contribution in [3.05, 3.63) is 29.3 Å². The van der Waals surface area contributed by atoms with Gasteiger partial charge in [0.1, 0.15) is 11.3 Å². The number of hydrogen-bond acceptors (Lipinski definition) is 4. The van der Waals surface area contributed by atoms with E-state index in [1.54, 1.807) is 6.92 Å². The van der Waals surface area contributed by atoms with Gasteiger partial charge in [-0.3, -0.25) is 4.79 Å². The van der Waals surface area contributed by atoms with Crippen molar-refractivity contribution in [1.82, 2.24) is 0 Å². The lowest BCUT2D eigenvalue weighted by molar-refractivity contribution is -0.146.